The zero-order valence-corrected chi connectivity index (χ0v) is 17.0. The van der Waals surface area contributed by atoms with Crippen LogP contribution in [0.5, 0.6) is 11.5 Å². The Morgan fingerprint density at radius 1 is 1.21 bits per heavy atom. The smallest absolute Gasteiger partial charge is 0.126 e. The second kappa shape index (κ2) is 9.31. The second-order valence-corrected chi connectivity index (χ2v) is 7.82. The van der Waals surface area contributed by atoms with Crippen LogP contribution in [0.2, 0.25) is 0 Å². The molecular formula is C24H29FN2O2. The van der Waals surface area contributed by atoms with Crippen molar-refractivity contribution in [2.75, 3.05) is 26.8 Å². The van der Waals surface area contributed by atoms with E-state index in [2.05, 4.69) is 10.3 Å². The van der Waals surface area contributed by atoms with Crippen LogP contribution >= 0.6 is 0 Å². The Morgan fingerprint density at radius 3 is 3.00 bits per heavy atom. The first-order valence-corrected chi connectivity index (χ1v) is 10.5. The molecule has 0 bridgehead atoms. The number of rotatable bonds is 9. The Morgan fingerprint density at radius 2 is 2.10 bits per heavy atom. The average Bonchev–Trinajstić information content (AvgIpc) is 3.14. The molecule has 0 saturated heterocycles. The van der Waals surface area contributed by atoms with Crippen LogP contribution in [0.3, 0.4) is 0 Å². The summed E-state index contributed by atoms with van der Waals surface area (Å²) in [5, 5.41) is 4.54. The lowest BCUT2D eigenvalue weighted by molar-refractivity contribution is 0.208. The summed E-state index contributed by atoms with van der Waals surface area (Å²) >= 11 is 0. The number of aryl methyl sites for hydroxylation is 1. The Kier molecular flexibility index (Phi) is 6.35. The fraction of sp³-hybridized carbons (Fsp3) is 0.417. The summed E-state index contributed by atoms with van der Waals surface area (Å²) < 4.78 is 24.9. The number of fused-ring (bicyclic) bond motifs is 2. The molecule has 1 aliphatic heterocycles. The van der Waals surface area contributed by atoms with E-state index in [4.69, 9.17) is 9.47 Å². The van der Waals surface area contributed by atoms with Crippen molar-refractivity contribution in [1.82, 2.24) is 10.3 Å². The first-order valence-electron chi connectivity index (χ1n) is 10.5. The van der Waals surface area contributed by atoms with Crippen LogP contribution < -0.4 is 14.8 Å². The first kappa shape index (κ1) is 19.8. The molecule has 0 radical (unpaired) electrons. The molecule has 0 saturated carbocycles. The largest absolute Gasteiger partial charge is 0.496 e. The summed E-state index contributed by atoms with van der Waals surface area (Å²) in [6.07, 6.45) is 7.29. The Bertz CT molecular complexity index is 939. The lowest BCUT2D eigenvalue weighted by Gasteiger charge is -2.26. The monoisotopic (exact) mass is 396 g/mol. The highest BCUT2D eigenvalue weighted by molar-refractivity contribution is 5.83. The summed E-state index contributed by atoms with van der Waals surface area (Å²) in [7, 11) is 1.72. The number of hydrogen-bond acceptors (Lipinski definition) is 3. The van der Waals surface area contributed by atoms with Crippen LogP contribution in [-0.4, -0.2) is 31.8 Å². The summed E-state index contributed by atoms with van der Waals surface area (Å²) in [5.74, 6) is 2.27. The Hall–Kier alpha value is -2.53. The van der Waals surface area contributed by atoms with Crippen LogP contribution in [0.1, 0.15) is 30.4 Å². The van der Waals surface area contributed by atoms with Gasteiger partial charge in [0.1, 0.15) is 17.3 Å². The maximum Gasteiger partial charge on any atom is 0.126 e. The van der Waals surface area contributed by atoms with Gasteiger partial charge in [0.15, 0.2) is 0 Å². The van der Waals surface area contributed by atoms with Gasteiger partial charge in [0.05, 0.1) is 13.7 Å². The molecule has 1 atom stereocenters. The van der Waals surface area contributed by atoms with Crippen LogP contribution in [0, 0.1) is 11.7 Å². The van der Waals surface area contributed by atoms with Crippen molar-refractivity contribution >= 4 is 10.9 Å². The van der Waals surface area contributed by atoms with Crippen molar-refractivity contribution in [3.63, 3.8) is 0 Å². The van der Waals surface area contributed by atoms with Crippen molar-refractivity contribution in [2.45, 2.75) is 32.1 Å². The molecule has 3 aromatic rings. The highest BCUT2D eigenvalue weighted by atomic mass is 19.1. The molecule has 2 N–H and O–H groups in total. The van der Waals surface area contributed by atoms with Gasteiger partial charge in [-0.15, -0.1) is 0 Å². The van der Waals surface area contributed by atoms with Crippen molar-refractivity contribution in [1.29, 1.82) is 0 Å². The van der Waals surface area contributed by atoms with Gasteiger partial charge in [0, 0.05) is 22.7 Å². The van der Waals surface area contributed by atoms with Gasteiger partial charge in [-0.05, 0) is 87.0 Å². The van der Waals surface area contributed by atoms with E-state index >= 15 is 0 Å². The molecule has 5 heteroatoms. The van der Waals surface area contributed by atoms with Gasteiger partial charge in [-0.3, -0.25) is 0 Å². The van der Waals surface area contributed by atoms with E-state index in [1.165, 1.54) is 17.2 Å². The highest BCUT2D eigenvalue weighted by Gasteiger charge is 2.22. The van der Waals surface area contributed by atoms with Gasteiger partial charge in [0.25, 0.3) is 0 Å². The van der Waals surface area contributed by atoms with E-state index in [1.807, 2.05) is 24.4 Å². The molecule has 2 aromatic carbocycles. The first-order chi connectivity index (χ1) is 14.2. The lowest BCUT2D eigenvalue weighted by Crippen LogP contribution is -2.23. The van der Waals surface area contributed by atoms with Crippen molar-refractivity contribution in [3.8, 4) is 11.5 Å². The molecule has 4 nitrogen and oxygen atoms in total. The maximum absolute atomic E-state index is 13.5. The number of benzene rings is 2. The molecule has 0 amide bonds. The molecule has 1 aromatic heterocycles. The minimum atomic E-state index is -0.177. The Labute approximate surface area is 171 Å². The van der Waals surface area contributed by atoms with Crippen LogP contribution in [-0.2, 0) is 12.8 Å². The molecule has 4 rings (SSSR count). The van der Waals surface area contributed by atoms with Crippen LogP contribution in [0.25, 0.3) is 10.9 Å². The molecule has 0 spiro atoms. The summed E-state index contributed by atoms with van der Waals surface area (Å²) in [5.41, 5.74) is 3.39. The highest BCUT2D eigenvalue weighted by Crippen LogP contribution is 2.35. The number of nitrogens with one attached hydrogen (secondary N) is 2. The fourth-order valence-electron chi connectivity index (χ4n) is 4.22. The summed E-state index contributed by atoms with van der Waals surface area (Å²) in [4.78, 5) is 3.22. The van der Waals surface area contributed by atoms with E-state index in [1.54, 1.807) is 19.2 Å². The maximum atomic E-state index is 13.5. The van der Waals surface area contributed by atoms with Crippen LogP contribution in [0.4, 0.5) is 4.39 Å². The van der Waals surface area contributed by atoms with Gasteiger partial charge in [-0.1, -0.05) is 6.07 Å². The lowest BCUT2D eigenvalue weighted by atomic mass is 9.92. The minimum absolute atomic E-state index is 0.177. The van der Waals surface area contributed by atoms with Gasteiger partial charge in [-0.2, -0.15) is 0 Å². The van der Waals surface area contributed by atoms with Crippen LogP contribution in [0.15, 0.2) is 42.6 Å². The van der Waals surface area contributed by atoms with Gasteiger partial charge in [0.2, 0.25) is 0 Å². The van der Waals surface area contributed by atoms with Gasteiger partial charge >= 0.3 is 0 Å². The standard InChI is InChI=1S/C24H29FN2O2/c1-28-23-7-2-8-24-21(23)13-17(16-29-24)5-3-11-26-12-4-6-18-15-27-22-10-9-19(25)14-20(18)22/h2,7-10,14-15,17,26-27H,3-6,11-13,16H2,1H3/t17-/m1/s1. The topological polar surface area (TPSA) is 46.3 Å². The van der Waals surface area contributed by atoms with Crippen molar-refractivity contribution < 1.29 is 13.9 Å². The number of H-pyrrole nitrogens is 1. The van der Waals surface area contributed by atoms with Gasteiger partial charge < -0.3 is 19.8 Å². The van der Waals surface area contributed by atoms with Gasteiger partial charge in [-0.25, -0.2) is 4.39 Å². The predicted octanol–water partition coefficient (Wildman–Crippen LogP) is 4.87. The van der Waals surface area contributed by atoms with Crippen molar-refractivity contribution in [3.05, 3.63) is 59.5 Å². The average molecular weight is 397 g/mol. The fourth-order valence-corrected chi connectivity index (χ4v) is 4.22. The molecular weight excluding hydrogens is 367 g/mol. The molecule has 0 fully saturated rings. The zero-order chi connectivity index (χ0) is 20.1. The molecule has 0 aliphatic carbocycles. The molecule has 0 unspecified atom stereocenters. The van der Waals surface area contributed by atoms with Crippen molar-refractivity contribution in [2.24, 2.45) is 5.92 Å². The number of ether oxygens (including phenoxy) is 2. The third-order valence-electron chi connectivity index (χ3n) is 5.77. The zero-order valence-electron chi connectivity index (χ0n) is 17.0. The number of aromatic amines is 1. The Balaban J connectivity index is 1.15. The molecule has 154 valence electrons. The molecule has 1 aliphatic rings. The van der Waals surface area contributed by atoms with E-state index in [0.29, 0.717) is 5.92 Å². The quantitative estimate of drug-likeness (QED) is 0.507. The van der Waals surface area contributed by atoms with E-state index in [9.17, 15) is 4.39 Å². The molecule has 2 heterocycles. The third kappa shape index (κ3) is 4.73. The minimum Gasteiger partial charge on any atom is -0.496 e. The molecule has 29 heavy (non-hydrogen) atoms. The summed E-state index contributed by atoms with van der Waals surface area (Å²) in [6.45, 7) is 2.77. The number of aromatic nitrogens is 1. The number of halogens is 1. The summed E-state index contributed by atoms with van der Waals surface area (Å²) in [6, 6.07) is 10.9. The third-order valence-corrected chi connectivity index (χ3v) is 5.77. The van der Waals surface area contributed by atoms with E-state index < -0.39 is 0 Å². The number of hydrogen-bond donors (Lipinski definition) is 2. The van der Waals surface area contributed by atoms with E-state index in [0.717, 1.165) is 74.2 Å². The second-order valence-electron chi connectivity index (χ2n) is 7.82. The predicted molar refractivity (Wildman–Crippen MR) is 114 cm³/mol. The van der Waals surface area contributed by atoms with E-state index in [-0.39, 0.29) is 5.82 Å². The normalized spacial score (nSPS) is 15.9. The number of methoxy groups -OCH3 is 1. The SMILES string of the molecule is COc1cccc2c1C[C@@H](CCCNCCCc1c[nH]c3ccc(F)cc13)CO2.